The molecule has 17 heavy (non-hydrogen) atoms. The number of nitrogens with zero attached hydrogens (tertiary/aromatic N) is 1. The maximum Gasteiger partial charge on any atom is 0.0386 e. The zero-order valence-electron chi connectivity index (χ0n) is 11.2. The van der Waals surface area contributed by atoms with Gasteiger partial charge in [-0.05, 0) is 37.0 Å². The van der Waals surface area contributed by atoms with E-state index in [-0.39, 0.29) is 0 Å². The van der Waals surface area contributed by atoms with Crippen molar-refractivity contribution in [3.63, 3.8) is 0 Å². The molecule has 0 aromatic heterocycles. The predicted octanol–water partition coefficient (Wildman–Crippen LogP) is 2.68. The molecule has 1 N–H and O–H groups in total. The molecule has 94 valence electrons. The van der Waals surface area contributed by atoms with Crippen molar-refractivity contribution < 1.29 is 0 Å². The Hall–Kier alpha value is -1.02. The van der Waals surface area contributed by atoms with Crippen LogP contribution in [0, 0.1) is 5.92 Å². The van der Waals surface area contributed by atoms with Crippen LogP contribution in [-0.4, -0.2) is 25.7 Å². The summed E-state index contributed by atoms with van der Waals surface area (Å²) >= 11 is 0. The zero-order chi connectivity index (χ0) is 12.3. The molecule has 1 heterocycles. The first-order chi connectivity index (χ1) is 8.16. The standard InChI is InChI=1S/C15H24N2/c1-12(2)10-14-4-6-15(7-5-14)17-9-8-16-11-13(17)3/h4-7,12-13,16H,8-11H2,1-3H3/t13-/m1/s1. The second-order valence-corrected chi connectivity index (χ2v) is 5.51. The lowest BCUT2D eigenvalue weighted by Gasteiger charge is -2.36. The highest BCUT2D eigenvalue weighted by molar-refractivity contribution is 5.49. The molecule has 2 nitrogen and oxygen atoms in total. The fourth-order valence-corrected chi connectivity index (χ4v) is 2.52. The molecule has 2 rings (SSSR count). The Morgan fingerprint density at radius 1 is 1.29 bits per heavy atom. The lowest BCUT2D eigenvalue weighted by Crippen LogP contribution is -2.49. The third kappa shape index (κ3) is 3.22. The number of hydrogen-bond acceptors (Lipinski definition) is 2. The van der Waals surface area contributed by atoms with Gasteiger partial charge in [-0.25, -0.2) is 0 Å². The summed E-state index contributed by atoms with van der Waals surface area (Å²) in [5.74, 6) is 0.735. The summed E-state index contributed by atoms with van der Waals surface area (Å²) in [4.78, 5) is 2.50. The van der Waals surface area contributed by atoms with Gasteiger partial charge in [0.05, 0.1) is 0 Å². The van der Waals surface area contributed by atoms with Gasteiger partial charge in [0, 0.05) is 31.4 Å². The Morgan fingerprint density at radius 3 is 2.59 bits per heavy atom. The van der Waals surface area contributed by atoms with E-state index in [0.717, 1.165) is 25.6 Å². The maximum absolute atomic E-state index is 3.43. The van der Waals surface area contributed by atoms with E-state index in [1.54, 1.807) is 0 Å². The van der Waals surface area contributed by atoms with Gasteiger partial charge < -0.3 is 10.2 Å². The lowest BCUT2D eigenvalue weighted by atomic mass is 10.0. The van der Waals surface area contributed by atoms with Crippen molar-refractivity contribution in [1.29, 1.82) is 0 Å². The fraction of sp³-hybridized carbons (Fsp3) is 0.600. The molecule has 0 amide bonds. The van der Waals surface area contributed by atoms with Gasteiger partial charge in [0.25, 0.3) is 0 Å². The Labute approximate surface area is 105 Å². The van der Waals surface area contributed by atoms with Crippen LogP contribution >= 0.6 is 0 Å². The number of rotatable bonds is 3. The summed E-state index contributed by atoms with van der Waals surface area (Å²) in [5, 5.41) is 3.43. The lowest BCUT2D eigenvalue weighted by molar-refractivity contribution is 0.501. The number of anilines is 1. The second kappa shape index (κ2) is 5.54. The average Bonchev–Trinajstić information content (AvgIpc) is 2.30. The second-order valence-electron chi connectivity index (χ2n) is 5.51. The third-order valence-electron chi connectivity index (χ3n) is 3.41. The molecule has 0 radical (unpaired) electrons. The zero-order valence-corrected chi connectivity index (χ0v) is 11.2. The van der Waals surface area contributed by atoms with Gasteiger partial charge in [0.2, 0.25) is 0 Å². The van der Waals surface area contributed by atoms with Crippen LogP contribution in [0.15, 0.2) is 24.3 Å². The van der Waals surface area contributed by atoms with E-state index in [2.05, 4.69) is 55.3 Å². The molecular formula is C15H24N2. The molecule has 0 saturated carbocycles. The fourth-order valence-electron chi connectivity index (χ4n) is 2.52. The van der Waals surface area contributed by atoms with Crippen molar-refractivity contribution in [2.45, 2.75) is 33.2 Å². The van der Waals surface area contributed by atoms with Crippen LogP contribution in [0.5, 0.6) is 0 Å². The van der Waals surface area contributed by atoms with Crippen molar-refractivity contribution in [3.05, 3.63) is 29.8 Å². The van der Waals surface area contributed by atoms with Crippen LogP contribution in [0.25, 0.3) is 0 Å². The van der Waals surface area contributed by atoms with E-state index in [0.29, 0.717) is 6.04 Å². The number of piperazine rings is 1. The molecule has 1 atom stereocenters. The number of benzene rings is 1. The first-order valence-electron chi connectivity index (χ1n) is 6.73. The molecule has 1 saturated heterocycles. The van der Waals surface area contributed by atoms with Crippen molar-refractivity contribution in [2.24, 2.45) is 5.92 Å². The molecule has 2 heteroatoms. The van der Waals surface area contributed by atoms with E-state index >= 15 is 0 Å². The van der Waals surface area contributed by atoms with Crippen LogP contribution in [0.1, 0.15) is 26.3 Å². The largest absolute Gasteiger partial charge is 0.366 e. The molecular weight excluding hydrogens is 208 g/mol. The highest BCUT2D eigenvalue weighted by Crippen LogP contribution is 2.20. The molecule has 1 aromatic rings. The van der Waals surface area contributed by atoms with Gasteiger partial charge in [0.1, 0.15) is 0 Å². The summed E-state index contributed by atoms with van der Waals surface area (Å²) in [6, 6.07) is 9.72. The van der Waals surface area contributed by atoms with Crippen LogP contribution < -0.4 is 10.2 Å². The smallest absolute Gasteiger partial charge is 0.0386 e. The molecule has 1 aliphatic heterocycles. The van der Waals surface area contributed by atoms with Crippen molar-refractivity contribution >= 4 is 5.69 Å². The minimum atomic E-state index is 0.597. The summed E-state index contributed by atoms with van der Waals surface area (Å²) in [6.07, 6.45) is 1.18. The number of hydrogen-bond donors (Lipinski definition) is 1. The van der Waals surface area contributed by atoms with E-state index < -0.39 is 0 Å². The molecule has 0 aliphatic carbocycles. The highest BCUT2D eigenvalue weighted by atomic mass is 15.2. The molecule has 0 spiro atoms. The van der Waals surface area contributed by atoms with E-state index in [1.165, 1.54) is 17.7 Å². The average molecular weight is 232 g/mol. The predicted molar refractivity (Wildman–Crippen MR) is 74.7 cm³/mol. The minimum absolute atomic E-state index is 0.597. The first kappa shape index (κ1) is 12.4. The molecule has 1 aromatic carbocycles. The summed E-state index contributed by atoms with van der Waals surface area (Å²) in [7, 11) is 0. The van der Waals surface area contributed by atoms with Gasteiger partial charge in [0.15, 0.2) is 0 Å². The Bertz CT molecular complexity index is 342. The van der Waals surface area contributed by atoms with Gasteiger partial charge in [-0.1, -0.05) is 26.0 Å². The van der Waals surface area contributed by atoms with Crippen LogP contribution in [0.2, 0.25) is 0 Å². The first-order valence-corrected chi connectivity index (χ1v) is 6.73. The topological polar surface area (TPSA) is 15.3 Å². The van der Waals surface area contributed by atoms with Crippen LogP contribution in [-0.2, 0) is 6.42 Å². The van der Waals surface area contributed by atoms with Crippen molar-refractivity contribution in [1.82, 2.24) is 5.32 Å². The molecule has 0 bridgehead atoms. The Morgan fingerprint density at radius 2 is 2.00 bits per heavy atom. The van der Waals surface area contributed by atoms with Gasteiger partial charge in [-0.15, -0.1) is 0 Å². The van der Waals surface area contributed by atoms with E-state index in [4.69, 9.17) is 0 Å². The van der Waals surface area contributed by atoms with E-state index in [1.807, 2.05) is 0 Å². The van der Waals surface area contributed by atoms with Crippen LogP contribution in [0.3, 0.4) is 0 Å². The SMILES string of the molecule is CC(C)Cc1ccc(N2CCNC[C@H]2C)cc1. The molecule has 1 aliphatic rings. The summed E-state index contributed by atoms with van der Waals surface area (Å²) in [5.41, 5.74) is 2.82. The monoisotopic (exact) mass is 232 g/mol. The highest BCUT2D eigenvalue weighted by Gasteiger charge is 2.17. The third-order valence-corrected chi connectivity index (χ3v) is 3.41. The number of nitrogens with one attached hydrogen (secondary N) is 1. The molecule has 1 fully saturated rings. The van der Waals surface area contributed by atoms with Crippen LogP contribution in [0.4, 0.5) is 5.69 Å². The molecule has 0 unspecified atom stereocenters. The quantitative estimate of drug-likeness (QED) is 0.862. The van der Waals surface area contributed by atoms with Gasteiger partial charge in [-0.3, -0.25) is 0 Å². The Kier molecular flexibility index (Phi) is 4.06. The van der Waals surface area contributed by atoms with Gasteiger partial charge >= 0.3 is 0 Å². The van der Waals surface area contributed by atoms with Gasteiger partial charge in [-0.2, -0.15) is 0 Å². The van der Waals surface area contributed by atoms with Crippen molar-refractivity contribution in [2.75, 3.05) is 24.5 Å². The van der Waals surface area contributed by atoms with E-state index in [9.17, 15) is 0 Å². The maximum atomic E-state index is 3.43. The minimum Gasteiger partial charge on any atom is -0.366 e. The summed E-state index contributed by atoms with van der Waals surface area (Å²) in [6.45, 7) is 10.1. The summed E-state index contributed by atoms with van der Waals surface area (Å²) < 4.78 is 0. The Balaban J connectivity index is 2.06. The van der Waals surface area contributed by atoms with Crippen molar-refractivity contribution in [3.8, 4) is 0 Å². The normalized spacial score (nSPS) is 20.9.